The van der Waals surface area contributed by atoms with Crippen molar-refractivity contribution in [1.82, 2.24) is 9.62 Å². The average molecular weight is 488 g/mol. The van der Waals surface area contributed by atoms with Crippen LogP contribution in [0.5, 0.6) is 0 Å². The third-order valence-electron chi connectivity index (χ3n) is 5.48. The van der Waals surface area contributed by atoms with Gasteiger partial charge in [0.15, 0.2) is 0 Å². The Labute approximate surface area is 198 Å². The highest BCUT2D eigenvalue weighted by Gasteiger charge is 2.29. The number of carbonyl (C=O) groups excluding carboxylic acids is 3. The molecule has 1 aliphatic heterocycles. The van der Waals surface area contributed by atoms with Crippen LogP contribution in [0.15, 0.2) is 53.4 Å². The van der Waals surface area contributed by atoms with Gasteiger partial charge in [0.2, 0.25) is 27.7 Å². The summed E-state index contributed by atoms with van der Waals surface area (Å²) in [7, 11) is -3.95. The number of rotatable bonds is 9. The van der Waals surface area contributed by atoms with Crippen LogP contribution in [-0.2, 0) is 31.0 Å². The molecule has 34 heavy (non-hydrogen) atoms. The second-order valence-corrected chi connectivity index (χ2v) is 9.98. The lowest BCUT2D eigenvalue weighted by Crippen LogP contribution is -2.41. The van der Waals surface area contributed by atoms with Gasteiger partial charge in [-0.25, -0.2) is 8.42 Å². The fourth-order valence-corrected chi connectivity index (χ4v) is 5.05. The molecule has 2 aromatic carbocycles. The summed E-state index contributed by atoms with van der Waals surface area (Å²) >= 11 is 0. The SMILES string of the molecule is CC(=O)Nc1ccc(S(=O)(=O)N[C@@H](C)C(=O)Nc2cccc(CN3CCCC3C(N)=O)c2)cc1. The van der Waals surface area contributed by atoms with Gasteiger partial charge in [-0.05, 0) is 68.3 Å². The zero-order chi connectivity index (χ0) is 24.9. The first-order valence-electron chi connectivity index (χ1n) is 10.9. The summed E-state index contributed by atoms with van der Waals surface area (Å²) in [6, 6.07) is 11.5. The zero-order valence-electron chi connectivity index (χ0n) is 19.1. The van der Waals surface area contributed by atoms with Crippen LogP contribution in [0, 0.1) is 0 Å². The number of sulfonamides is 1. The standard InChI is InChI=1S/C23H29N5O5S/c1-15(27-34(32,33)20-10-8-18(9-11-20)25-16(2)29)23(31)26-19-6-3-5-17(13-19)14-28-12-4-7-21(28)22(24)30/h3,5-6,8-11,13,15,21,27H,4,7,12,14H2,1-2H3,(H2,24,30)(H,25,29)(H,26,31)/t15-,21?/m0/s1. The summed E-state index contributed by atoms with van der Waals surface area (Å²) < 4.78 is 27.6. The van der Waals surface area contributed by atoms with Crippen LogP contribution in [-0.4, -0.2) is 49.7 Å². The lowest BCUT2D eigenvalue weighted by Gasteiger charge is -2.22. The van der Waals surface area contributed by atoms with Gasteiger partial charge in [0.05, 0.1) is 17.0 Å². The molecule has 0 aliphatic carbocycles. The predicted octanol–water partition coefficient (Wildman–Crippen LogP) is 1.40. The lowest BCUT2D eigenvalue weighted by molar-refractivity contribution is -0.122. The highest BCUT2D eigenvalue weighted by Crippen LogP contribution is 2.21. The van der Waals surface area contributed by atoms with Crippen molar-refractivity contribution in [2.75, 3.05) is 17.2 Å². The van der Waals surface area contributed by atoms with Crippen LogP contribution < -0.4 is 21.1 Å². The number of likely N-dealkylation sites (tertiary alicyclic amines) is 1. The van der Waals surface area contributed by atoms with Crippen LogP contribution >= 0.6 is 0 Å². The monoisotopic (exact) mass is 487 g/mol. The molecular formula is C23H29N5O5S. The Morgan fingerprint density at radius 1 is 1.09 bits per heavy atom. The molecular weight excluding hydrogens is 458 g/mol. The Kier molecular flexibility index (Phi) is 8.02. The first kappa shape index (κ1) is 25.3. The number of hydrogen-bond donors (Lipinski definition) is 4. The predicted molar refractivity (Wildman–Crippen MR) is 128 cm³/mol. The van der Waals surface area contributed by atoms with Gasteiger partial charge in [-0.1, -0.05) is 12.1 Å². The van der Waals surface area contributed by atoms with Crippen LogP contribution in [0.2, 0.25) is 0 Å². The maximum Gasteiger partial charge on any atom is 0.242 e. The van der Waals surface area contributed by atoms with E-state index in [0.29, 0.717) is 17.9 Å². The first-order valence-corrected chi connectivity index (χ1v) is 12.4. The molecule has 0 spiro atoms. The molecule has 2 aromatic rings. The van der Waals surface area contributed by atoms with Crippen LogP contribution in [0.25, 0.3) is 0 Å². The molecule has 11 heteroatoms. The number of primary amides is 1. The summed E-state index contributed by atoms with van der Waals surface area (Å²) in [5.41, 5.74) is 7.36. The second-order valence-electron chi connectivity index (χ2n) is 8.27. The number of nitrogens with zero attached hydrogens (tertiary/aromatic N) is 1. The number of benzene rings is 2. The number of carbonyl (C=O) groups is 3. The van der Waals surface area contributed by atoms with Crippen molar-refractivity contribution >= 4 is 39.1 Å². The molecule has 0 saturated carbocycles. The molecule has 5 N–H and O–H groups in total. The molecule has 1 aliphatic rings. The average Bonchev–Trinajstić information content (AvgIpc) is 3.22. The lowest BCUT2D eigenvalue weighted by atomic mass is 10.1. The van der Waals surface area contributed by atoms with Crippen LogP contribution in [0.4, 0.5) is 11.4 Å². The van der Waals surface area contributed by atoms with E-state index in [4.69, 9.17) is 5.73 Å². The Morgan fingerprint density at radius 3 is 2.44 bits per heavy atom. The maximum absolute atomic E-state index is 12.6. The van der Waals surface area contributed by atoms with Gasteiger partial charge >= 0.3 is 0 Å². The molecule has 2 atom stereocenters. The number of nitrogens with two attached hydrogens (primary N) is 1. The van der Waals surface area contributed by atoms with E-state index in [2.05, 4.69) is 15.4 Å². The van der Waals surface area contributed by atoms with Gasteiger partial charge in [0, 0.05) is 24.8 Å². The smallest absolute Gasteiger partial charge is 0.242 e. The third kappa shape index (κ3) is 6.62. The van der Waals surface area contributed by atoms with Crippen molar-refractivity contribution in [3.05, 3.63) is 54.1 Å². The molecule has 1 fully saturated rings. The van der Waals surface area contributed by atoms with Crippen molar-refractivity contribution < 1.29 is 22.8 Å². The van der Waals surface area contributed by atoms with E-state index in [9.17, 15) is 22.8 Å². The minimum absolute atomic E-state index is 0.0298. The van der Waals surface area contributed by atoms with Crippen LogP contribution in [0.1, 0.15) is 32.3 Å². The minimum Gasteiger partial charge on any atom is -0.368 e. The van der Waals surface area contributed by atoms with Gasteiger partial charge < -0.3 is 16.4 Å². The van der Waals surface area contributed by atoms with Gasteiger partial charge in [-0.15, -0.1) is 0 Å². The number of amides is 3. The molecule has 0 radical (unpaired) electrons. The van der Waals surface area contributed by atoms with Gasteiger partial charge in [0.1, 0.15) is 0 Å². The Morgan fingerprint density at radius 2 is 1.79 bits per heavy atom. The number of anilines is 2. The first-order chi connectivity index (χ1) is 16.0. The maximum atomic E-state index is 12.6. The van der Waals surface area contributed by atoms with Gasteiger partial charge in [-0.3, -0.25) is 19.3 Å². The summed E-state index contributed by atoms with van der Waals surface area (Å²) in [6.45, 7) is 4.10. The summed E-state index contributed by atoms with van der Waals surface area (Å²) in [6.07, 6.45) is 1.64. The van der Waals surface area contributed by atoms with E-state index in [1.807, 2.05) is 11.0 Å². The molecule has 3 amide bonds. The zero-order valence-corrected chi connectivity index (χ0v) is 19.9. The van der Waals surface area contributed by atoms with E-state index >= 15 is 0 Å². The molecule has 1 heterocycles. The Bertz CT molecular complexity index is 1170. The summed E-state index contributed by atoms with van der Waals surface area (Å²) in [4.78, 5) is 37.3. The summed E-state index contributed by atoms with van der Waals surface area (Å²) in [5, 5.41) is 5.28. The highest BCUT2D eigenvalue weighted by atomic mass is 32.2. The van der Waals surface area contributed by atoms with E-state index in [-0.39, 0.29) is 22.8 Å². The molecule has 1 saturated heterocycles. The third-order valence-corrected chi connectivity index (χ3v) is 7.04. The number of hydrogen-bond acceptors (Lipinski definition) is 6. The van der Waals surface area contributed by atoms with Gasteiger partial charge in [-0.2, -0.15) is 4.72 Å². The summed E-state index contributed by atoms with van der Waals surface area (Å²) in [5.74, 6) is -1.13. The van der Waals surface area contributed by atoms with Crippen molar-refractivity contribution in [2.24, 2.45) is 5.73 Å². The molecule has 0 bridgehead atoms. The van der Waals surface area contributed by atoms with E-state index in [1.165, 1.54) is 38.1 Å². The number of nitrogens with one attached hydrogen (secondary N) is 3. The van der Waals surface area contributed by atoms with E-state index in [0.717, 1.165) is 24.9 Å². The topological polar surface area (TPSA) is 151 Å². The Balaban J connectivity index is 1.61. The molecule has 0 aromatic heterocycles. The van der Waals surface area contributed by atoms with Gasteiger partial charge in [0.25, 0.3) is 0 Å². The normalized spacial score (nSPS) is 17.2. The van der Waals surface area contributed by atoms with Crippen molar-refractivity contribution in [3.63, 3.8) is 0 Å². The van der Waals surface area contributed by atoms with E-state index < -0.39 is 22.0 Å². The van der Waals surface area contributed by atoms with E-state index in [1.54, 1.807) is 18.2 Å². The fourth-order valence-electron chi connectivity index (χ4n) is 3.85. The largest absolute Gasteiger partial charge is 0.368 e. The van der Waals surface area contributed by atoms with Crippen LogP contribution in [0.3, 0.4) is 0 Å². The second kappa shape index (κ2) is 10.8. The highest BCUT2D eigenvalue weighted by molar-refractivity contribution is 7.89. The van der Waals surface area contributed by atoms with Crippen molar-refractivity contribution in [3.8, 4) is 0 Å². The molecule has 1 unspecified atom stereocenters. The fraction of sp³-hybridized carbons (Fsp3) is 0.348. The molecule has 10 nitrogen and oxygen atoms in total. The molecule has 182 valence electrons. The Hall–Kier alpha value is -3.28. The van der Waals surface area contributed by atoms with Crippen molar-refractivity contribution in [1.29, 1.82) is 0 Å². The minimum atomic E-state index is -3.95. The molecule has 3 rings (SSSR count). The quantitative estimate of drug-likeness (QED) is 0.420. The van der Waals surface area contributed by atoms with Crippen molar-refractivity contribution in [2.45, 2.75) is 50.2 Å².